The van der Waals surface area contributed by atoms with E-state index in [1.807, 2.05) is 48.5 Å². The molecule has 0 amide bonds. The maximum absolute atomic E-state index is 9.62. The highest BCUT2D eigenvalue weighted by molar-refractivity contribution is 5.90. The fraction of sp³-hybridized carbons (Fsp3) is 0.120. The first kappa shape index (κ1) is 18.5. The number of H-pyrrole nitrogens is 1. The van der Waals surface area contributed by atoms with Crippen LogP contribution in [-0.2, 0) is 6.54 Å². The summed E-state index contributed by atoms with van der Waals surface area (Å²) in [5.74, 6) is 0.594. The normalized spacial score (nSPS) is 11.4. The Kier molecular flexibility index (Phi) is 5.40. The van der Waals surface area contributed by atoms with Crippen LogP contribution >= 0.6 is 0 Å². The van der Waals surface area contributed by atoms with Gasteiger partial charge in [-0.25, -0.2) is 4.98 Å². The van der Waals surface area contributed by atoms with E-state index in [0.29, 0.717) is 11.4 Å². The Morgan fingerprint density at radius 2 is 1.72 bits per heavy atom. The Morgan fingerprint density at radius 1 is 1.00 bits per heavy atom. The second-order valence-electron chi connectivity index (χ2n) is 6.86. The molecule has 1 N–H and O–H groups in total. The Morgan fingerprint density at radius 3 is 2.41 bits per heavy atom. The fourth-order valence-corrected chi connectivity index (χ4v) is 3.37. The number of nitrogens with one attached hydrogen (secondary N) is 1. The number of rotatable bonds is 6. The van der Waals surface area contributed by atoms with E-state index >= 15 is 0 Å². The summed E-state index contributed by atoms with van der Waals surface area (Å²) in [6.07, 6.45) is 1.87. The first-order chi connectivity index (χ1) is 14.3. The maximum Gasteiger partial charge on any atom is 0.149 e. The van der Waals surface area contributed by atoms with Gasteiger partial charge in [-0.3, -0.25) is 0 Å². The van der Waals surface area contributed by atoms with Crippen LogP contribution in [0.1, 0.15) is 23.9 Å². The minimum absolute atomic E-state index is 0.519. The lowest BCUT2D eigenvalue weighted by Crippen LogP contribution is -2.21. The lowest BCUT2D eigenvalue weighted by atomic mass is 10.1. The summed E-state index contributed by atoms with van der Waals surface area (Å²) < 4.78 is 0. The van der Waals surface area contributed by atoms with E-state index in [9.17, 15) is 5.26 Å². The smallest absolute Gasteiger partial charge is 0.149 e. The fourth-order valence-electron chi connectivity index (χ4n) is 3.37. The molecule has 0 aliphatic heterocycles. The van der Waals surface area contributed by atoms with Gasteiger partial charge in [-0.05, 0) is 48.4 Å². The monoisotopic (exact) mass is 378 g/mol. The first-order valence-corrected chi connectivity index (χ1v) is 9.72. The van der Waals surface area contributed by atoms with Crippen LogP contribution in [0.5, 0.6) is 0 Å². The van der Waals surface area contributed by atoms with Crippen LogP contribution in [0.3, 0.4) is 0 Å². The molecular formula is C25H22N4. The van der Waals surface area contributed by atoms with Crippen molar-refractivity contribution >= 4 is 28.4 Å². The number of hydrogen-bond donors (Lipinski definition) is 1. The molecule has 142 valence electrons. The molecule has 4 nitrogen and oxygen atoms in total. The number of imidazole rings is 1. The summed E-state index contributed by atoms with van der Waals surface area (Å²) in [6.45, 7) is 3.95. The third-order valence-electron chi connectivity index (χ3n) is 4.93. The van der Waals surface area contributed by atoms with Gasteiger partial charge in [-0.1, -0.05) is 54.6 Å². The van der Waals surface area contributed by atoms with Gasteiger partial charge in [-0.15, -0.1) is 0 Å². The number of allylic oxidation sites excluding steroid dienone is 1. The molecular weight excluding hydrogens is 356 g/mol. The van der Waals surface area contributed by atoms with E-state index < -0.39 is 0 Å². The minimum Gasteiger partial charge on any atom is -0.367 e. The Balaban J connectivity index is 1.56. The maximum atomic E-state index is 9.62. The van der Waals surface area contributed by atoms with E-state index in [-0.39, 0.29) is 0 Å². The van der Waals surface area contributed by atoms with Crippen LogP contribution in [0.2, 0.25) is 0 Å². The molecule has 0 saturated carbocycles. The summed E-state index contributed by atoms with van der Waals surface area (Å²) in [6, 6.07) is 28.8. The van der Waals surface area contributed by atoms with Gasteiger partial charge < -0.3 is 9.88 Å². The molecule has 0 saturated heterocycles. The van der Waals surface area contributed by atoms with E-state index in [1.165, 1.54) is 5.56 Å². The minimum atomic E-state index is 0.519. The zero-order chi connectivity index (χ0) is 20.1. The molecule has 0 unspecified atom stereocenters. The molecule has 0 bridgehead atoms. The van der Waals surface area contributed by atoms with Gasteiger partial charge in [0.2, 0.25) is 0 Å². The Hall–Kier alpha value is -3.84. The number of fused-ring (bicyclic) bond motifs is 1. The lowest BCUT2D eigenvalue weighted by molar-refractivity contribution is 0.832. The van der Waals surface area contributed by atoms with Crippen LogP contribution in [0.25, 0.3) is 22.7 Å². The molecule has 4 aromatic rings. The molecule has 0 spiro atoms. The van der Waals surface area contributed by atoms with Crippen LogP contribution in [0, 0.1) is 11.3 Å². The van der Waals surface area contributed by atoms with Crippen LogP contribution < -0.4 is 4.90 Å². The number of nitriles is 1. The second-order valence-corrected chi connectivity index (χ2v) is 6.86. The summed E-state index contributed by atoms with van der Waals surface area (Å²) in [7, 11) is 0. The zero-order valence-electron chi connectivity index (χ0n) is 16.3. The molecule has 0 aliphatic carbocycles. The van der Waals surface area contributed by atoms with Crippen molar-refractivity contribution in [2.45, 2.75) is 13.5 Å². The summed E-state index contributed by atoms with van der Waals surface area (Å²) in [4.78, 5) is 10.1. The lowest BCUT2D eigenvalue weighted by Gasteiger charge is -2.23. The number of anilines is 1. The van der Waals surface area contributed by atoms with E-state index in [0.717, 1.165) is 35.4 Å². The molecule has 1 aromatic heterocycles. The predicted octanol–water partition coefficient (Wildman–Crippen LogP) is 5.65. The number of benzene rings is 3. The molecule has 4 heteroatoms. The molecule has 0 atom stereocenters. The van der Waals surface area contributed by atoms with Crippen molar-refractivity contribution in [1.82, 2.24) is 9.97 Å². The number of para-hydroxylation sites is 2. The quantitative estimate of drug-likeness (QED) is 0.441. The second kappa shape index (κ2) is 8.45. The average Bonchev–Trinajstić information content (AvgIpc) is 3.21. The molecule has 29 heavy (non-hydrogen) atoms. The molecule has 3 aromatic carbocycles. The van der Waals surface area contributed by atoms with E-state index in [1.54, 1.807) is 0 Å². The van der Waals surface area contributed by atoms with Gasteiger partial charge in [0.1, 0.15) is 11.9 Å². The van der Waals surface area contributed by atoms with Crippen molar-refractivity contribution in [3.63, 3.8) is 0 Å². The van der Waals surface area contributed by atoms with Crippen molar-refractivity contribution in [3.05, 3.63) is 95.8 Å². The van der Waals surface area contributed by atoms with Gasteiger partial charge >= 0.3 is 0 Å². The van der Waals surface area contributed by atoms with Crippen molar-refractivity contribution in [3.8, 4) is 6.07 Å². The van der Waals surface area contributed by atoms with Crippen LogP contribution in [-0.4, -0.2) is 16.5 Å². The highest BCUT2D eigenvalue weighted by atomic mass is 15.1. The molecule has 0 fully saturated rings. The summed E-state index contributed by atoms with van der Waals surface area (Å²) in [5, 5.41) is 9.62. The number of nitrogens with zero attached hydrogens (tertiary/aromatic N) is 3. The van der Waals surface area contributed by atoms with Crippen molar-refractivity contribution in [1.29, 1.82) is 5.26 Å². The van der Waals surface area contributed by atoms with E-state index in [4.69, 9.17) is 0 Å². The third-order valence-corrected chi connectivity index (χ3v) is 4.93. The van der Waals surface area contributed by atoms with Crippen LogP contribution in [0.4, 0.5) is 5.69 Å². The highest BCUT2D eigenvalue weighted by Crippen LogP contribution is 2.22. The van der Waals surface area contributed by atoms with Crippen molar-refractivity contribution < 1.29 is 0 Å². The van der Waals surface area contributed by atoms with Gasteiger partial charge in [0.15, 0.2) is 0 Å². The first-order valence-electron chi connectivity index (χ1n) is 9.72. The Bertz CT molecular complexity index is 1130. The van der Waals surface area contributed by atoms with Gasteiger partial charge in [0.25, 0.3) is 0 Å². The predicted molar refractivity (Wildman–Crippen MR) is 119 cm³/mol. The summed E-state index contributed by atoms with van der Waals surface area (Å²) >= 11 is 0. The van der Waals surface area contributed by atoms with Gasteiger partial charge in [-0.2, -0.15) is 5.26 Å². The topological polar surface area (TPSA) is 55.7 Å². The molecule has 4 rings (SSSR count). The third kappa shape index (κ3) is 4.20. The standard InChI is InChI=1S/C25H22N4/c1-2-29(18-20-8-4-3-5-9-20)22-14-12-19(13-15-22)16-21(17-26)25-27-23-10-6-7-11-24(23)28-25/h3-16H,2,18H2,1H3,(H,27,28). The SMILES string of the molecule is CCN(Cc1ccccc1)c1ccc(C=C(C#N)c2nc3ccccc3[nH]2)cc1. The number of hydrogen-bond acceptors (Lipinski definition) is 3. The van der Waals surface area contributed by atoms with Crippen molar-refractivity contribution in [2.75, 3.05) is 11.4 Å². The number of aromatic amines is 1. The Labute approximate surface area is 170 Å². The number of aromatic nitrogens is 2. The van der Waals surface area contributed by atoms with Crippen LogP contribution in [0.15, 0.2) is 78.9 Å². The molecule has 0 aliphatic rings. The largest absolute Gasteiger partial charge is 0.367 e. The van der Waals surface area contributed by atoms with Crippen molar-refractivity contribution in [2.24, 2.45) is 0 Å². The summed E-state index contributed by atoms with van der Waals surface area (Å²) in [5.41, 5.74) is 5.73. The molecule has 1 heterocycles. The molecule has 0 radical (unpaired) electrons. The van der Waals surface area contributed by atoms with Gasteiger partial charge in [0, 0.05) is 18.8 Å². The average molecular weight is 378 g/mol. The zero-order valence-corrected chi connectivity index (χ0v) is 16.3. The van der Waals surface area contributed by atoms with E-state index in [2.05, 4.69) is 64.3 Å². The van der Waals surface area contributed by atoms with Gasteiger partial charge in [0.05, 0.1) is 16.6 Å². The highest BCUT2D eigenvalue weighted by Gasteiger charge is 2.09.